The van der Waals surface area contributed by atoms with Crippen LogP contribution in [0.15, 0.2) is 106 Å². The van der Waals surface area contributed by atoms with Gasteiger partial charge in [0.1, 0.15) is 11.7 Å². The van der Waals surface area contributed by atoms with Gasteiger partial charge in [0.25, 0.3) is 0 Å². The largest absolute Gasteiger partial charge is 0.743 e. The molecule has 3 aromatic rings. The first kappa shape index (κ1) is 29.2. The zero-order valence-corrected chi connectivity index (χ0v) is 23.5. The zero-order valence-electron chi connectivity index (χ0n) is 21.9. The number of carbonyl (C=O) groups is 2. The lowest BCUT2D eigenvalue weighted by Crippen LogP contribution is -2.51. The molecule has 216 valence electrons. The quantitative estimate of drug-likeness (QED) is 0.213. The molecule has 2 saturated heterocycles. The Hall–Kier alpha value is -3.28. The number of alkyl halides is 2. The second-order valence-corrected chi connectivity index (χ2v) is 13.9. The van der Waals surface area contributed by atoms with E-state index in [0.29, 0.717) is 12.8 Å². The summed E-state index contributed by atoms with van der Waals surface area (Å²) in [6, 6.07) is 32.2. The molecule has 0 amide bonds. The van der Waals surface area contributed by atoms with E-state index < -0.39 is 44.9 Å². The first-order chi connectivity index (χ1) is 19.5. The fraction of sp³-hybridized carbons (Fsp3) is 0.333. The molecule has 3 aromatic carbocycles. The smallest absolute Gasteiger partial charge is 0.428 e. The van der Waals surface area contributed by atoms with E-state index in [9.17, 15) is 31.3 Å². The summed E-state index contributed by atoms with van der Waals surface area (Å²) in [5.41, 5.74) is -1.37. The highest BCUT2D eigenvalue weighted by molar-refractivity contribution is 7.97. The summed E-state index contributed by atoms with van der Waals surface area (Å²) in [6.45, 7) is 0. The number of hydrogen-bond acceptors (Lipinski definition) is 7. The molecule has 2 aliphatic heterocycles. The van der Waals surface area contributed by atoms with Gasteiger partial charge in [0.05, 0.1) is 16.8 Å². The molecule has 4 atom stereocenters. The van der Waals surface area contributed by atoms with E-state index in [1.54, 1.807) is 0 Å². The van der Waals surface area contributed by atoms with E-state index in [1.807, 2.05) is 0 Å². The van der Waals surface area contributed by atoms with Gasteiger partial charge in [0.15, 0.2) is 24.8 Å². The summed E-state index contributed by atoms with van der Waals surface area (Å²) >= 11 is 0. The van der Waals surface area contributed by atoms with Crippen molar-refractivity contribution in [1.29, 1.82) is 0 Å². The van der Waals surface area contributed by atoms with Crippen LogP contribution in [0.5, 0.6) is 0 Å². The number of hydrogen-bond donors (Lipinski definition) is 0. The van der Waals surface area contributed by atoms with Crippen LogP contribution in [0.3, 0.4) is 0 Å². The molecule has 0 spiro atoms. The molecule has 2 saturated carbocycles. The average molecular weight is 603 g/mol. The number of esters is 2. The maximum absolute atomic E-state index is 13.3. The molecule has 7 nitrogen and oxygen atoms in total. The first-order valence-electron chi connectivity index (χ1n) is 13.1. The minimum atomic E-state index is -6.16. The second-order valence-electron chi connectivity index (χ2n) is 10.5. The molecule has 4 fully saturated rings. The van der Waals surface area contributed by atoms with E-state index in [2.05, 4.69) is 91.0 Å². The molecule has 4 aliphatic rings. The Balaban J connectivity index is 0.000000166. The van der Waals surface area contributed by atoms with Crippen molar-refractivity contribution in [1.82, 2.24) is 0 Å². The van der Waals surface area contributed by atoms with Crippen molar-refractivity contribution >= 4 is 33.0 Å². The lowest BCUT2D eigenvalue weighted by molar-refractivity contribution is -0.190. The average Bonchev–Trinajstić information content (AvgIpc) is 3.10. The normalized spacial score (nSPS) is 25.1. The van der Waals surface area contributed by atoms with Crippen LogP contribution in [-0.4, -0.2) is 41.9 Å². The molecule has 2 aliphatic carbocycles. The van der Waals surface area contributed by atoms with Crippen LogP contribution in [0.2, 0.25) is 0 Å². The van der Waals surface area contributed by atoms with Crippen LogP contribution in [-0.2, 0) is 40.1 Å². The van der Waals surface area contributed by atoms with Gasteiger partial charge in [-0.15, -0.1) is 0 Å². The number of ether oxygens (including phenoxy) is 2. The van der Waals surface area contributed by atoms with Gasteiger partial charge in [-0.25, -0.2) is 13.2 Å². The van der Waals surface area contributed by atoms with Crippen LogP contribution in [0.4, 0.5) is 8.78 Å². The topological polar surface area (TPSA) is 110 Å². The maximum atomic E-state index is 13.3. The SMILES string of the molecule is O=C1OC2CC3CC1CC(OC(=O)C(F)(F)S(=O)(=O)[O-])(C3)C2.c1ccc([S+](c2ccccc2)c2ccccc2)cc1. The fourth-order valence-corrected chi connectivity index (χ4v) is 8.28. The highest BCUT2D eigenvalue weighted by atomic mass is 32.2. The zero-order chi connectivity index (χ0) is 29.3. The van der Waals surface area contributed by atoms with Crippen LogP contribution in [0.1, 0.15) is 32.1 Å². The summed E-state index contributed by atoms with van der Waals surface area (Å²) in [7, 11) is -6.18. The predicted molar refractivity (Wildman–Crippen MR) is 145 cm³/mol. The Kier molecular flexibility index (Phi) is 8.22. The minimum absolute atomic E-state index is 0.0135. The molecule has 11 heteroatoms. The van der Waals surface area contributed by atoms with Crippen LogP contribution in [0, 0.1) is 11.8 Å². The van der Waals surface area contributed by atoms with Crippen molar-refractivity contribution in [3.63, 3.8) is 0 Å². The van der Waals surface area contributed by atoms with Crippen LogP contribution >= 0.6 is 0 Å². The Morgan fingerprint density at radius 2 is 1.34 bits per heavy atom. The van der Waals surface area contributed by atoms with Gasteiger partial charge in [-0.2, -0.15) is 8.78 Å². The molecule has 41 heavy (non-hydrogen) atoms. The highest BCUT2D eigenvalue weighted by Crippen LogP contribution is 2.51. The van der Waals surface area contributed by atoms with E-state index in [1.165, 1.54) is 14.7 Å². The number of carbonyl (C=O) groups excluding carboxylic acids is 2. The number of fused-ring (bicyclic) bond motifs is 1. The molecule has 4 bridgehead atoms. The monoisotopic (exact) mass is 602 g/mol. The summed E-state index contributed by atoms with van der Waals surface area (Å²) in [5.74, 6) is -3.41. The second kappa shape index (κ2) is 11.5. The maximum Gasteiger partial charge on any atom is 0.428 e. The molecule has 4 unspecified atom stereocenters. The number of halogens is 2. The van der Waals surface area contributed by atoms with Gasteiger partial charge in [0, 0.05) is 12.8 Å². The molecule has 2 heterocycles. The van der Waals surface area contributed by atoms with Crippen LogP contribution < -0.4 is 0 Å². The van der Waals surface area contributed by atoms with Crippen molar-refractivity contribution in [3.8, 4) is 0 Å². The van der Waals surface area contributed by atoms with Crippen molar-refractivity contribution in [2.24, 2.45) is 11.8 Å². The Labute approximate surface area is 240 Å². The van der Waals surface area contributed by atoms with Crippen LogP contribution in [0.25, 0.3) is 0 Å². The highest BCUT2D eigenvalue weighted by Gasteiger charge is 2.58. The third-order valence-electron chi connectivity index (χ3n) is 7.51. The third-order valence-corrected chi connectivity index (χ3v) is 10.5. The van der Waals surface area contributed by atoms with Crippen molar-refractivity contribution in [2.45, 2.75) is 63.8 Å². The molecule has 0 radical (unpaired) electrons. The van der Waals surface area contributed by atoms with Gasteiger partial charge >= 0.3 is 17.2 Å². The summed E-state index contributed by atoms with van der Waals surface area (Å²) in [5, 5.41) is -5.14. The van der Waals surface area contributed by atoms with Gasteiger partial charge in [0.2, 0.25) is 0 Å². The predicted octanol–water partition coefficient (Wildman–Crippen LogP) is 5.32. The molecule has 7 rings (SSSR count). The summed E-state index contributed by atoms with van der Waals surface area (Å²) in [6.07, 6.45) is 0.885. The standard InChI is InChI=1S/C18H15S.C12H14F2O7S/c1-4-10-16(11-5-1)19(17-12-6-2-7-13-17)18-14-8-3-9-15-18;13-12(14,22(17,18)19)10(16)21-11-3-6-1-7(4-11)9(15)20-8(2-6)5-11/h1-15H;6-8H,1-5H2,(H,17,18,19)/q+1;/p-1. The van der Waals surface area contributed by atoms with Gasteiger partial charge < -0.3 is 14.0 Å². The number of benzene rings is 3. The van der Waals surface area contributed by atoms with Crippen molar-refractivity contribution < 1.29 is 40.8 Å². The Bertz CT molecular complexity index is 1390. The lowest BCUT2D eigenvalue weighted by Gasteiger charge is -2.45. The minimum Gasteiger partial charge on any atom is -0.743 e. The van der Waals surface area contributed by atoms with E-state index in [4.69, 9.17) is 9.47 Å². The lowest BCUT2D eigenvalue weighted by atomic mass is 9.65. The van der Waals surface area contributed by atoms with Gasteiger partial charge in [-0.3, -0.25) is 4.79 Å². The fourth-order valence-electron chi connectivity index (χ4n) is 5.93. The van der Waals surface area contributed by atoms with E-state index in [-0.39, 0.29) is 36.1 Å². The summed E-state index contributed by atoms with van der Waals surface area (Å²) in [4.78, 5) is 27.4. The summed E-state index contributed by atoms with van der Waals surface area (Å²) < 4.78 is 68.1. The third kappa shape index (κ3) is 6.32. The van der Waals surface area contributed by atoms with Crippen molar-refractivity contribution in [3.05, 3.63) is 91.0 Å². The molecular weight excluding hydrogens is 574 g/mol. The molecular formula is C30H28F2O7S2. The van der Waals surface area contributed by atoms with Gasteiger partial charge in [-0.1, -0.05) is 54.6 Å². The molecule has 0 aromatic heterocycles. The Morgan fingerprint density at radius 3 is 1.80 bits per heavy atom. The molecule has 0 N–H and O–H groups in total. The number of rotatable bonds is 6. The Morgan fingerprint density at radius 1 is 0.854 bits per heavy atom. The first-order valence-corrected chi connectivity index (χ1v) is 15.8. The van der Waals surface area contributed by atoms with E-state index >= 15 is 0 Å². The van der Waals surface area contributed by atoms with E-state index in [0.717, 1.165) is 0 Å². The van der Waals surface area contributed by atoms with Crippen molar-refractivity contribution in [2.75, 3.05) is 0 Å². The van der Waals surface area contributed by atoms with Gasteiger partial charge in [-0.05, 0) is 61.6 Å².